The monoisotopic (exact) mass is 359 g/mol. The van der Waals surface area contributed by atoms with E-state index in [-0.39, 0.29) is 17.5 Å². The smallest absolute Gasteiger partial charge is 0.236 e. The highest BCUT2D eigenvalue weighted by Crippen LogP contribution is 2.32. The molecule has 2 atom stereocenters. The second-order valence-electron chi connectivity index (χ2n) is 6.75. The van der Waals surface area contributed by atoms with E-state index in [1.54, 1.807) is 0 Å². The number of nitrogens with zero attached hydrogens (tertiary/aromatic N) is 5. The third-order valence-corrected chi connectivity index (χ3v) is 4.81. The Kier molecular flexibility index (Phi) is 4.48. The van der Waals surface area contributed by atoms with Crippen molar-refractivity contribution < 1.29 is 4.74 Å². The number of hydrogen-bond acceptors (Lipinski definition) is 6. The number of aryl methyl sites for hydroxylation is 1. The molecule has 0 N–H and O–H groups in total. The minimum absolute atomic E-state index is 0.137. The van der Waals surface area contributed by atoms with Gasteiger partial charge in [-0.25, -0.2) is 0 Å². The zero-order valence-corrected chi connectivity index (χ0v) is 15.3. The van der Waals surface area contributed by atoms with Crippen molar-refractivity contribution >= 4 is 29.2 Å². The lowest BCUT2D eigenvalue weighted by molar-refractivity contribution is -0.00572. The van der Waals surface area contributed by atoms with E-state index in [4.69, 9.17) is 21.3 Å². The maximum absolute atomic E-state index is 6.24. The van der Waals surface area contributed by atoms with Gasteiger partial charge in [0.1, 0.15) is 0 Å². The van der Waals surface area contributed by atoms with Gasteiger partial charge in [0.2, 0.25) is 17.2 Å². The van der Waals surface area contributed by atoms with Gasteiger partial charge >= 0.3 is 0 Å². The molecule has 0 radical (unpaired) electrons. The van der Waals surface area contributed by atoms with Gasteiger partial charge in [0.05, 0.1) is 12.2 Å². The van der Waals surface area contributed by atoms with E-state index >= 15 is 0 Å². The first-order chi connectivity index (χ1) is 12.1. The van der Waals surface area contributed by atoms with Crippen LogP contribution in [0.3, 0.4) is 0 Å². The minimum atomic E-state index is 0.137. The molecule has 0 amide bonds. The average molecular weight is 360 g/mol. The maximum Gasteiger partial charge on any atom is 0.236 e. The van der Waals surface area contributed by atoms with Crippen LogP contribution in [0.4, 0.5) is 17.6 Å². The van der Waals surface area contributed by atoms with Gasteiger partial charge in [-0.05, 0) is 49.9 Å². The minimum Gasteiger partial charge on any atom is -0.372 e. The molecule has 1 aromatic heterocycles. The van der Waals surface area contributed by atoms with E-state index in [2.05, 4.69) is 51.8 Å². The second kappa shape index (κ2) is 6.77. The Hall–Kier alpha value is -1.92. The van der Waals surface area contributed by atoms with Crippen LogP contribution in [0.25, 0.3) is 0 Å². The van der Waals surface area contributed by atoms with E-state index in [0.29, 0.717) is 11.9 Å². The van der Waals surface area contributed by atoms with Gasteiger partial charge in [-0.1, -0.05) is 18.2 Å². The lowest BCUT2D eigenvalue weighted by Crippen LogP contribution is -2.46. The molecule has 0 saturated carbocycles. The Balaban J connectivity index is 1.69. The molecule has 0 unspecified atom stereocenters. The van der Waals surface area contributed by atoms with Crippen LogP contribution in [0.1, 0.15) is 25.8 Å². The van der Waals surface area contributed by atoms with Crippen molar-refractivity contribution in [1.82, 2.24) is 15.0 Å². The molecule has 7 heteroatoms. The molecule has 25 heavy (non-hydrogen) atoms. The van der Waals surface area contributed by atoms with Crippen molar-refractivity contribution in [3.63, 3.8) is 0 Å². The van der Waals surface area contributed by atoms with Crippen molar-refractivity contribution in [2.75, 3.05) is 29.4 Å². The topological polar surface area (TPSA) is 54.4 Å². The molecule has 0 aliphatic carbocycles. The first kappa shape index (κ1) is 16.5. The lowest BCUT2D eigenvalue weighted by atomic mass is 10.0. The van der Waals surface area contributed by atoms with Crippen LogP contribution >= 0.6 is 11.6 Å². The summed E-state index contributed by atoms with van der Waals surface area (Å²) in [6.45, 7) is 6.51. The Labute approximate surface area is 152 Å². The summed E-state index contributed by atoms with van der Waals surface area (Å²) >= 11 is 6.24. The SMILES string of the molecule is C[C@H]1CN(c2nc(Cl)nc(N3CCCc4ccccc43)n2)C[C@H](C)O1. The first-order valence-electron chi connectivity index (χ1n) is 8.77. The van der Waals surface area contributed by atoms with Gasteiger partial charge in [-0.15, -0.1) is 0 Å². The van der Waals surface area contributed by atoms with Crippen LogP contribution < -0.4 is 9.80 Å². The molecule has 3 heterocycles. The summed E-state index contributed by atoms with van der Waals surface area (Å²) in [5, 5.41) is 0.231. The number of halogens is 1. The van der Waals surface area contributed by atoms with Gasteiger partial charge < -0.3 is 14.5 Å². The van der Waals surface area contributed by atoms with Crippen LogP contribution in [0.5, 0.6) is 0 Å². The summed E-state index contributed by atoms with van der Waals surface area (Å²) in [5.41, 5.74) is 2.48. The fourth-order valence-electron chi connectivity index (χ4n) is 3.67. The number of anilines is 3. The van der Waals surface area contributed by atoms with Crippen LogP contribution in [0.15, 0.2) is 24.3 Å². The predicted octanol–water partition coefficient (Wildman–Crippen LogP) is 3.22. The molecule has 1 saturated heterocycles. The van der Waals surface area contributed by atoms with Gasteiger partial charge in [0, 0.05) is 25.3 Å². The molecule has 4 rings (SSSR count). The van der Waals surface area contributed by atoms with Crippen LogP contribution in [-0.4, -0.2) is 46.8 Å². The van der Waals surface area contributed by atoms with Crippen molar-refractivity contribution in [1.29, 1.82) is 0 Å². The molecule has 2 aliphatic rings. The van der Waals surface area contributed by atoms with Crippen LogP contribution in [-0.2, 0) is 11.2 Å². The van der Waals surface area contributed by atoms with E-state index in [1.807, 2.05) is 6.07 Å². The summed E-state index contributed by atoms with van der Waals surface area (Å²) in [6, 6.07) is 8.40. The summed E-state index contributed by atoms with van der Waals surface area (Å²) in [4.78, 5) is 17.8. The van der Waals surface area contributed by atoms with Crippen molar-refractivity contribution in [2.24, 2.45) is 0 Å². The van der Waals surface area contributed by atoms with Gasteiger partial charge in [-0.2, -0.15) is 15.0 Å². The highest BCUT2D eigenvalue weighted by atomic mass is 35.5. The van der Waals surface area contributed by atoms with Crippen LogP contribution in [0, 0.1) is 0 Å². The van der Waals surface area contributed by atoms with Gasteiger partial charge in [0.25, 0.3) is 0 Å². The third kappa shape index (κ3) is 3.41. The fraction of sp³-hybridized carbons (Fsp3) is 0.500. The van der Waals surface area contributed by atoms with Gasteiger partial charge in [0.15, 0.2) is 0 Å². The zero-order valence-electron chi connectivity index (χ0n) is 14.5. The number of benzene rings is 1. The quantitative estimate of drug-likeness (QED) is 0.820. The zero-order chi connectivity index (χ0) is 17.4. The molecule has 0 bridgehead atoms. The standard InChI is InChI=1S/C18H22ClN5O/c1-12-10-23(11-13(2)25-12)17-20-16(19)21-18(22-17)24-9-5-7-14-6-3-4-8-15(14)24/h3-4,6,8,12-13H,5,7,9-11H2,1-2H3/t12-,13-/m0/s1. The molecule has 6 nitrogen and oxygen atoms in total. The number of aromatic nitrogens is 3. The summed E-state index contributed by atoms with van der Waals surface area (Å²) in [7, 11) is 0. The Bertz CT molecular complexity index is 761. The molecule has 132 valence electrons. The summed E-state index contributed by atoms with van der Waals surface area (Å²) in [6.07, 6.45) is 2.43. The highest BCUT2D eigenvalue weighted by molar-refractivity contribution is 6.28. The molecule has 2 aromatic rings. The second-order valence-corrected chi connectivity index (χ2v) is 7.09. The number of rotatable bonds is 2. The summed E-state index contributed by atoms with van der Waals surface area (Å²) < 4.78 is 5.80. The van der Waals surface area contributed by atoms with Crippen molar-refractivity contribution in [3.8, 4) is 0 Å². The largest absolute Gasteiger partial charge is 0.372 e. The van der Waals surface area contributed by atoms with E-state index < -0.39 is 0 Å². The van der Waals surface area contributed by atoms with Crippen molar-refractivity contribution in [3.05, 3.63) is 35.1 Å². The molecular weight excluding hydrogens is 338 g/mol. The number of ether oxygens (including phenoxy) is 1. The fourth-order valence-corrected chi connectivity index (χ4v) is 3.83. The normalized spacial score (nSPS) is 23.5. The van der Waals surface area contributed by atoms with E-state index in [9.17, 15) is 0 Å². The molecular formula is C18H22ClN5O. The third-order valence-electron chi connectivity index (χ3n) is 4.64. The van der Waals surface area contributed by atoms with Crippen molar-refractivity contribution in [2.45, 2.75) is 38.9 Å². The first-order valence-corrected chi connectivity index (χ1v) is 9.15. The number of para-hydroxylation sites is 1. The Morgan fingerprint density at radius 3 is 2.56 bits per heavy atom. The number of fused-ring (bicyclic) bond motifs is 1. The summed E-state index contributed by atoms with van der Waals surface area (Å²) in [5.74, 6) is 1.24. The van der Waals surface area contributed by atoms with E-state index in [1.165, 1.54) is 5.56 Å². The molecule has 1 aromatic carbocycles. The number of morpholine rings is 1. The predicted molar refractivity (Wildman–Crippen MR) is 98.8 cm³/mol. The molecule has 1 fully saturated rings. The molecule has 0 spiro atoms. The van der Waals surface area contributed by atoms with E-state index in [0.717, 1.165) is 38.2 Å². The van der Waals surface area contributed by atoms with Crippen LogP contribution in [0.2, 0.25) is 5.28 Å². The highest BCUT2D eigenvalue weighted by Gasteiger charge is 2.27. The molecule has 2 aliphatic heterocycles. The Morgan fingerprint density at radius 2 is 1.76 bits per heavy atom. The maximum atomic E-state index is 6.24. The van der Waals surface area contributed by atoms with Gasteiger partial charge in [-0.3, -0.25) is 0 Å². The Morgan fingerprint density at radius 1 is 1.04 bits per heavy atom. The lowest BCUT2D eigenvalue weighted by Gasteiger charge is -2.36. The number of hydrogen-bond donors (Lipinski definition) is 0. The average Bonchev–Trinajstić information content (AvgIpc) is 2.60.